The molecule has 0 aliphatic carbocycles. The van der Waals surface area contributed by atoms with E-state index in [9.17, 15) is 0 Å². The molecule has 0 unspecified atom stereocenters. The van der Waals surface area contributed by atoms with E-state index < -0.39 is 0 Å². The van der Waals surface area contributed by atoms with Gasteiger partial charge in [-0.1, -0.05) is 322 Å². The summed E-state index contributed by atoms with van der Waals surface area (Å²) in [7, 11) is 0. The van der Waals surface area contributed by atoms with Crippen molar-refractivity contribution in [1.29, 1.82) is 0 Å². The molecule has 0 N–H and O–H groups in total. The van der Waals surface area contributed by atoms with Crippen LogP contribution in [0.1, 0.15) is 0 Å². The zero-order chi connectivity index (χ0) is 79.4. The van der Waals surface area contributed by atoms with Gasteiger partial charge in [-0.05, 0) is 283 Å². The molecule has 0 atom stereocenters. The Balaban J connectivity index is 0.544. The van der Waals surface area contributed by atoms with Gasteiger partial charge in [0.15, 0.2) is 0 Å². The van der Waals surface area contributed by atoms with E-state index in [2.05, 4.69) is 447 Å². The van der Waals surface area contributed by atoms with Crippen molar-refractivity contribution < 1.29 is 8.83 Å². The van der Waals surface area contributed by atoms with Crippen molar-refractivity contribution in [3.63, 3.8) is 0 Å². The average Bonchev–Trinajstić information content (AvgIpc) is 1.55. The molecule has 0 aliphatic heterocycles. The van der Waals surface area contributed by atoms with Gasteiger partial charge in [-0.25, -0.2) is 0 Å². The SMILES string of the molecule is c1ccc(-c2cccc(-c3ccc(N(c4ccc(-c5cccc6oc7ccccc7c56)cc4)c4cccc(-c5cccc(-c6cccc7cc(-c8cccc(-c9cccc(-c%10ccc(N(c%11ccc(-c%12ccc%13c(c%12)oc%12ccccc%12%13)cc%11)c%11cccc(-c%12cccc(-c%13cccc%14ccccc%13%14)c%12)c%11)cc%10)c9)c8)ccc67)c5)c4)cc3)c2)cc1. The van der Waals surface area contributed by atoms with E-state index in [1.807, 2.05) is 24.3 Å². The smallest absolute Gasteiger partial charge is 0.136 e. The molecule has 22 aromatic rings. The van der Waals surface area contributed by atoms with Gasteiger partial charge < -0.3 is 18.6 Å². The van der Waals surface area contributed by atoms with Crippen LogP contribution < -0.4 is 9.80 Å². The van der Waals surface area contributed by atoms with Crippen LogP contribution in [0.15, 0.2) is 470 Å². The second kappa shape index (κ2) is 30.4. The molecule has 120 heavy (non-hydrogen) atoms. The predicted molar refractivity (Wildman–Crippen MR) is 505 cm³/mol. The first-order valence-corrected chi connectivity index (χ1v) is 41.0. The van der Waals surface area contributed by atoms with Crippen LogP contribution in [0.3, 0.4) is 0 Å². The lowest BCUT2D eigenvalue weighted by molar-refractivity contribution is 0.668. The minimum atomic E-state index is 0.884. The highest BCUT2D eigenvalue weighted by atomic mass is 16.3. The van der Waals surface area contributed by atoms with Crippen LogP contribution in [0.2, 0.25) is 0 Å². The van der Waals surface area contributed by atoms with E-state index >= 15 is 0 Å². The normalized spacial score (nSPS) is 11.5. The molecule has 2 heterocycles. The molecular weight excluding hydrogens is 1450 g/mol. The second-order valence-electron chi connectivity index (χ2n) is 31.1. The van der Waals surface area contributed by atoms with Crippen LogP contribution >= 0.6 is 0 Å². The van der Waals surface area contributed by atoms with E-state index in [0.717, 1.165) is 167 Å². The summed E-state index contributed by atoms with van der Waals surface area (Å²) < 4.78 is 12.7. The largest absolute Gasteiger partial charge is 0.456 e. The Morgan fingerprint density at radius 3 is 0.942 bits per heavy atom. The third kappa shape index (κ3) is 13.4. The summed E-state index contributed by atoms with van der Waals surface area (Å²) in [5.41, 5.74) is 35.3. The van der Waals surface area contributed by atoms with Crippen molar-refractivity contribution in [1.82, 2.24) is 0 Å². The summed E-state index contributed by atoms with van der Waals surface area (Å²) in [6, 6.07) is 168. The van der Waals surface area contributed by atoms with Crippen LogP contribution in [0.25, 0.3) is 188 Å². The molecule has 0 spiro atoms. The number of fused-ring (bicyclic) bond motifs is 8. The van der Waals surface area contributed by atoms with Gasteiger partial charge in [0, 0.05) is 55.7 Å². The Kier molecular flexibility index (Phi) is 17.9. The van der Waals surface area contributed by atoms with Crippen LogP contribution in [-0.2, 0) is 0 Å². The van der Waals surface area contributed by atoms with Crippen LogP contribution in [0.5, 0.6) is 0 Å². The van der Waals surface area contributed by atoms with Crippen molar-refractivity contribution in [2.24, 2.45) is 0 Å². The van der Waals surface area contributed by atoms with Gasteiger partial charge in [0.25, 0.3) is 0 Å². The summed E-state index contributed by atoms with van der Waals surface area (Å²) in [5.74, 6) is 0. The summed E-state index contributed by atoms with van der Waals surface area (Å²) >= 11 is 0. The Bertz CT molecular complexity index is 7640. The molecule has 0 radical (unpaired) electrons. The predicted octanol–water partition coefficient (Wildman–Crippen LogP) is 33.1. The van der Waals surface area contributed by atoms with E-state index in [1.165, 1.54) is 54.9 Å². The topological polar surface area (TPSA) is 32.8 Å². The lowest BCUT2D eigenvalue weighted by atomic mass is 9.92. The van der Waals surface area contributed by atoms with E-state index in [-0.39, 0.29) is 0 Å². The third-order valence-corrected chi connectivity index (χ3v) is 23.8. The number of nitrogens with zero attached hydrogens (tertiary/aromatic N) is 2. The number of benzene rings is 20. The number of hydrogen-bond donors (Lipinski definition) is 0. The lowest BCUT2D eigenvalue weighted by Gasteiger charge is -2.26. The zero-order valence-electron chi connectivity index (χ0n) is 65.6. The van der Waals surface area contributed by atoms with E-state index in [4.69, 9.17) is 8.83 Å². The molecule has 22 rings (SSSR count). The maximum absolute atomic E-state index is 6.36. The molecule has 0 amide bonds. The maximum atomic E-state index is 6.36. The van der Waals surface area contributed by atoms with Gasteiger partial charge in [-0.3, -0.25) is 0 Å². The fraction of sp³-hybridized carbons (Fsp3) is 0. The summed E-state index contributed by atoms with van der Waals surface area (Å²) in [5, 5.41) is 9.35. The molecule has 0 aliphatic rings. The lowest BCUT2D eigenvalue weighted by Crippen LogP contribution is -2.10. The molecule has 20 aromatic carbocycles. The first kappa shape index (κ1) is 70.7. The quantitative estimate of drug-likeness (QED) is 0.0910. The molecule has 2 aromatic heterocycles. The van der Waals surface area contributed by atoms with Gasteiger partial charge >= 0.3 is 0 Å². The van der Waals surface area contributed by atoms with Gasteiger partial charge in [-0.15, -0.1) is 0 Å². The minimum absolute atomic E-state index is 0.884. The molecular formula is C116H76N2O2. The number of anilines is 6. The Labute approximate surface area is 696 Å². The first-order valence-electron chi connectivity index (χ1n) is 41.0. The number of furan rings is 2. The molecule has 0 fully saturated rings. The van der Waals surface area contributed by atoms with Crippen molar-refractivity contribution in [2.45, 2.75) is 0 Å². The monoisotopic (exact) mass is 1530 g/mol. The fourth-order valence-electron chi connectivity index (χ4n) is 17.9. The van der Waals surface area contributed by atoms with Gasteiger partial charge in [0.05, 0.1) is 0 Å². The van der Waals surface area contributed by atoms with Crippen molar-refractivity contribution >= 4 is 99.5 Å². The molecule has 0 saturated carbocycles. The fourth-order valence-corrected chi connectivity index (χ4v) is 17.9. The molecule has 0 saturated heterocycles. The van der Waals surface area contributed by atoms with Gasteiger partial charge in [0.2, 0.25) is 0 Å². The van der Waals surface area contributed by atoms with E-state index in [0.29, 0.717) is 0 Å². The number of para-hydroxylation sites is 2. The Morgan fingerprint density at radius 2 is 0.425 bits per heavy atom. The highest BCUT2D eigenvalue weighted by Crippen LogP contribution is 2.46. The summed E-state index contributed by atoms with van der Waals surface area (Å²) in [6.07, 6.45) is 0. The van der Waals surface area contributed by atoms with Gasteiger partial charge in [-0.2, -0.15) is 0 Å². The average molecular weight is 1530 g/mol. The van der Waals surface area contributed by atoms with Crippen molar-refractivity contribution in [3.8, 4) is 122 Å². The zero-order valence-corrected chi connectivity index (χ0v) is 65.6. The molecule has 562 valence electrons. The highest BCUT2D eigenvalue weighted by molar-refractivity contribution is 6.13. The number of rotatable bonds is 17. The molecule has 4 nitrogen and oxygen atoms in total. The standard InChI is InChI=1S/C116H76N2O2/c1-2-20-77(21-3-1)83-24-10-25-84(68-83)78-48-58-99(59-49-78)118(101-64-54-82(55-65-101)108-44-19-47-114-116(108)111-41-7-9-46-113(111)119-114)103-38-16-33-92(75-103)90-31-14-35-96(72-90)106-43-18-36-97-73-93(56-66-107(97)106)88-29-12-28-87(70-88)86-27-11-26-85(69-86)79-50-60-98(61-51-79)117(100-62-52-80(53-63-100)94-57-67-110-109-40-6-8-45-112(109)120-115(110)76-94)102-37-15-32-91(74-102)89-30-13-34-95(71-89)105-42-17-23-81-22-4-5-39-104(81)105/h1-76H. The van der Waals surface area contributed by atoms with Crippen molar-refractivity contribution in [3.05, 3.63) is 461 Å². The Hall–Kier alpha value is -15.9. The van der Waals surface area contributed by atoms with Crippen LogP contribution in [0, 0.1) is 0 Å². The third-order valence-electron chi connectivity index (χ3n) is 23.8. The summed E-state index contributed by atoms with van der Waals surface area (Å²) in [4.78, 5) is 4.75. The number of hydrogen-bond acceptors (Lipinski definition) is 4. The van der Waals surface area contributed by atoms with E-state index in [1.54, 1.807) is 0 Å². The molecule has 0 bridgehead atoms. The molecule has 4 heteroatoms. The highest BCUT2D eigenvalue weighted by Gasteiger charge is 2.21. The maximum Gasteiger partial charge on any atom is 0.136 e. The van der Waals surface area contributed by atoms with Gasteiger partial charge in [0.1, 0.15) is 22.3 Å². The second-order valence-corrected chi connectivity index (χ2v) is 31.1. The first-order chi connectivity index (χ1) is 59.4. The minimum Gasteiger partial charge on any atom is -0.456 e. The summed E-state index contributed by atoms with van der Waals surface area (Å²) in [6.45, 7) is 0. The Morgan fingerprint density at radius 1 is 0.133 bits per heavy atom. The van der Waals surface area contributed by atoms with Crippen LogP contribution in [0.4, 0.5) is 34.1 Å². The van der Waals surface area contributed by atoms with Crippen molar-refractivity contribution in [2.75, 3.05) is 9.80 Å². The van der Waals surface area contributed by atoms with Crippen LogP contribution in [-0.4, -0.2) is 0 Å².